The van der Waals surface area contributed by atoms with E-state index in [0.717, 1.165) is 0 Å². The van der Waals surface area contributed by atoms with Gasteiger partial charge in [-0.25, -0.2) is 8.78 Å². The number of hydrogen-bond acceptors (Lipinski definition) is 3. The Morgan fingerprint density at radius 2 is 2.12 bits per heavy atom. The highest BCUT2D eigenvalue weighted by molar-refractivity contribution is 7.09. The minimum Gasteiger partial charge on any atom is -0.319 e. The maximum absolute atomic E-state index is 13.8. The molecule has 0 spiro atoms. The average Bonchev–Trinajstić information content (AvgIpc) is 2.77. The smallest absolute Gasteiger partial charge is 0.134 e. The molecule has 1 aromatic carbocycles. The van der Waals surface area contributed by atoms with Crippen molar-refractivity contribution in [2.24, 2.45) is 5.73 Å². The molecule has 16 heavy (non-hydrogen) atoms. The van der Waals surface area contributed by atoms with Gasteiger partial charge in [-0.3, -0.25) is 4.98 Å². The standard InChI is InChI=1S/C11H10F2N2S/c1-6-2-3-7(12)9(10(6)13)11(14)8-4-15-5-16-8/h2-5,11H,14H2,1H3. The molecular weight excluding hydrogens is 230 g/mol. The molecule has 0 saturated heterocycles. The number of thiazole rings is 1. The minimum absolute atomic E-state index is 0.0933. The van der Waals surface area contributed by atoms with Crippen molar-refractivity contribution in [1.82, 2.24) is 4.98 Å². The Labute approximate surface area is 95.7 Å². The monoisotopic (exact) mass is 240 g/mol. The lowest BCUT2D eigenvalue weighted by atomic mass is 10.0. The Bertz CT molecular complexity index is 497. The zero-order valence-electron chi connectivity index (χ0n) is 8.58. The molecule has 0 aliphatic carbocycles. The van der Waals surface area contributed by atoms with Crippen LogP contribution >= 0.6 is 11.3 Å². The summed E-state index contributed by atoms with van der Waals surface area (Å²) in [4.78, 5) is 4.49. The van der Waals surface area contributed by atoms with Gasteiger partial charge in [0.2, 0.25) is 0 Å². The second-order valence-electron chi connectivity index (χ2n) is 3.47. The number of nitrogens with zero attached hydrogens (tertiary/aromatic N) is 1. The number of aromatic nitrogens is 1. The van der Waals surface area contributed by atoms with Crippen molar-refractivity contribution >= 4 is 11.3 Å². The summed E-state index contributed by atoms with van der Waals surface area (Å²) in [6.45, 7) is 1.58. The molecule has 2 nitrogen and oxygen atoms in total. The molecule has 0 bridgehead atoms. The molecule has 5 heteroatoms. The molecule has 0 saturated carbocycles. The first-order chi connectivity index (χ1) is 7.61. The highest BCUT2D eigenvalue weighted by Crippen LogP contribution is 2.28. The van der Waals surface area contributed by atoms with Gasteiger partial charge in [-0.1, -0.05) is 6.07 Å². The van der Waals surface area contributed by atoms with E-state index in [1.54, 1.807) is 12.4 Å². The number of nitrogens with two attached hydrogens (primary N) is 1. The van der Waals surface area contributed by atoms with Gasteiger partial charge in [-0.15, -0.1) is 11.3 Å². The maximum atomic E-state index is 13.8. The fraction of sp³-hybridized carbons (Fsp3) is 0.182. The van der Waals surface area contributed by atoms with Gasteiger partial charge in [0.25, 0.3) is 0 Å². The van der Waals surface area contributed by atoms with Crippen molar-refractivity contribution < 1.29 is 8.78 Å². The van der Waals surface area contributed by atoms with Crippen molar-refractivity contribution in [3.8, 4) is 0 Å². The van der Waals surface area contributed by atoms with Gasteiger partial charge in [-0.2, -0.15) is 0 Å². The molecule has 0 radical (unpaired) electrons. The van der Waals surface area contributed by atoms with Crippen molar-refractivity contribution in [3.05, 3.63) is 51.5 Å². The van der Waals surface area contributed by atoms with E-state index in [4.69, 9.17) is 5.73 Å². The van der Waals surface area contributed by atoms with Gasteiger partial charge in [-0.05, 0) is 18.6 Å². The fourth-order valence-electron chi connectivity index (χ4n) is 1.48. The van der Waals surface area contributed by atoms with E-state index in [-0.39, 0.29) is 5.56 Å². The normalized spacial score (nSPS) is 12.8. The first kappa shape index (κ1) is 11.2. The van der Waals surface area contributed by atoms with E-state index in [9.17, 15) is 8.78 Å². The van der Waals surface area contributed by atoms with Crippen LogP contribution in [0, 0.1) is 18.6 Å². The molecule has 0 aliphatic heterocycles. The van der Waals surface area contributed by atoms with E-state index in [2.05, 4.69) is 4.98 Å². The molecule has 1 heterocycles. The van der Waals surface area contributed by atoms with Crippen LogP contribution < -0.4 is 5.73 Å². The summed E-state index contributed by atoms with van der Waals surface area (Å²) in [7, 11) is 0. The Balaban J connectivity index is 2.52. The van der Waals surface area contributed by atoms with Gasteiger partial charge in [0.1, 0.15) is 11.6 Å². The molecule has 2 rings (SSSR count). The summed E-state index contributed by atoms with van der Waals surface area (Å²) in [5.41, 5.74) is 7.70. The summed E-state index contributed by atoms with van der Waals surface area (Å²) < 4.78 is 27.3. The van der Waals surface area contributed by atoms with Crippen molar-refractivity contribution in [2.45, 2.75) is 13.0 Å². The lowest BCUT2D eigenvalue weighted by molar-refractivity contribution is 0.539. The largest absolute Gasteiger partial charge is 0.319 e. The average molecular weight is 240 g/mol. The van der Waals surface area contributed by atoms with E-state index < -0.39 is 17.7 Å². The van der Waals surface area contributed by atoms with E-state index in [1.807, 2.05) is 0 Å². The topological polar surface area (TPSA) is 38.9 Å². The van der Waals surface area contributed by atoms with E-state index in [0.29, 0.717) is 10.4 Å². The zero-order chi connectivity index (χ0) is 11.7. The maximum Gasteiger partial charge on any atom is 0.134 e. The van der Waals surface area contributed by atoms with Gasteiger partial charge in [0.05, 0.1) is 11.6 Å². The molecular formula is C11H10F2N2S. The number of aryl methyl sites for hydroxylation is 1. The molecule has 0 amide bonds. The molecule has 0 fully saturated rings. The van der Waals surface area contributed by atoms with E-state index >= 15 is 0 Å². The predicted molar refractivity (Wildman–Crippen MR) is 59.2 cm³/mol. The lowest BCUT2D eigenvalue weighted by Gasteiger charge is -2.13. The zero-order valence-corrected chi connectivity index (χ0v) is 9.39. The summed E-state index contributed by atoms with van der Waals surface area (Å²) >= 11 is 1.28. The number of hydrogen-bond donors (Lipinski definition) is 1. The van der Waals surface area contributed by atoms with Crippen LogP contribution in [-0.4, -0.2) is 4.98 Å². The third kappa shape index (κ3) is 1.83. The minimum atomic E-state index is -0.799. The molecule has 2 aromatic rings. The van der Waals surface area contributed by atoms with Crippen LogP contribution in [0.15, 0.2) is 23.8 Å². The first-order valence-electron chi connectivity index (χ1n) is 4.69. The van der Waals surface area contributed by atoms with Gasteiger partial charge < -0.3 is 5.73 Å². The van der Waals surface area contributed by atoms with Gasteiger partial charge >= 0.3 is 0 Å². The molecule has 1 atom stereocenters. The fourth-order valence-corrected chi connectivity index (χ4v) is 2.11. The van der Waals surface area contributed by atoms with Gasteiger partial charge in [0.15, 0.2) is 0 Å². The van der Waals surface area contributed by atoms with Crippen LogP contribution in [0.25, 0.3) is 0 Å². The lowest BCUT2D eigenvalue weighted by Crippen LogP contribution is -2.15. The number of benzene rings is 1. The second-order valence-corrected chi connectivity index (χ2v) is 4.39. The first-order valence-corrected chi connectivity index (χ1v) is 5.57. The van der Waals surface area contributed by atoms with Crippen LogP contribution in [0.4, 0.5) is 8.78 Å². The Kier molecular flexibility index (Phi) is 2.98. The van der Waals surface area contributed by atoms with Crippen LogP contribution in [-0.2, 0) is 0 Å². The Morgan fingerprint density at radius 3 is 2.75 bits per heavy atom. The highest BCUT2D eigenvalue weighted by atomic mass is 32.1. The summed E-state index contributed by atoms with van der Waals surface area (Å²) in [5, 5.41) is 0. The predicted octanol–water partition coefficient (Wildman–Crippen LogP) is 2.78. The second kappa shape index (κ2) is 4.27. The summed E-state index contributed by atoms with van der Waals surface area (Å²) in [5.74, 6) is -1.20. The van der Waals surface area contributed by atoms with Gasteiger partial charge in [0, 0.05) is 16.6 Å². The SMILES string of the molecule is Cc1ccc(F)c(C(N)c2cncs2)c1F. The summed E-state index contributed by atoms with van der Waals surface area (Å²) in [6, 6.07) is 1.83. The van der Waals surface area contributed by atoms with Crippen LogP contribution in [0.3, 0.4) is 0 Å². The molecule has 1 aromatic heterocycles. The van der Waals surface area contributed by atoms with Crippen molar-refractivity contribution in [2.75, 3.05) is 0 Å². The Hall–Kier alpha value is -1.33. The number of rotatable bonds is 2. The molecule has 0 aliphatic rings. The summed E-state index contributed by atoms with van der Waals surface area (Å²) in [6.07, 6.45) is 1.52. The van der Waals surface area contributed by atoms with Crippen molar-refractivity contribution in [1.29, 1.82) is 0 Å². The van der Waals surface area contributed by atoms with Crippen LogP contribution in [0.2, 0.25) is 0 Å². The highest BCUT2D eigenvalue weighted by Gasteiger charge is 2.20. The van der Waals surface area contributed by atoms with Crippen LogP contribution in [0.5, 0.6) is 0 Å². The van der Waals surface area contributed by atoms with Crippen LogP contribution in [0.1, 0.15) is 22.0 Å². The third-order valence-corrected chi connectivity index (χ3v) is 3.25. The third-order valence-electron chi connectivity index (χ3n) is 2.39. The van der Waals surface area contributed by atoms with E-state index in [1.165, 1.54) is 29.7 Å². The quantitative estimate of drug-likeness (QED) is 0.876. The van der Waals surface area contributed by atoms with Crippen molar-refractivity contribution in [3.63, 3.8) is 0 Å². The molecule has 1 unspecified atom stereocenters. The Morgan fingerprint density at radius 1 is 1.38 bits per heavy atom. The molecule has 84 valence electrons. The molecule has 2 N–H and O–H groups in total. The number of halogens is 2.